The molecule has 0 saturated carbocycles. The van der Waals surface area contributed by atoms with Gasteiger partial charge in [0.15, 0.2) is 0 Å². The second kappa shape index (κ2) is 7.40. The summed E-state index contributed by atoms with van der Waals surface area (Å²) in [6.45, 7) is 1.49. The topological polar surface area (TPSA) is 69.7 Å². The maximum Gasteiger partial charge on any atom is 0.325 e. The predicted molar refractivity (Wildman–Crippen MR) is 104 cm³/mol. The Kier molecular flexibility index (Phi) is 5.19. The van der Waals surface area contributed by atoms with Gasteiger partial charge in [-0.05, 0) is 36.2 Å². The summed E-state index contributed by atoms with van der Waals surface area (Å²) in [7, 11) is 1.61. The van der Waals surface area contributed by atoms with Gasteiger partial charge in [0.1, 0.15) is 12.1 Å². The van der Waals surface area contributed by atoms with Gasteiger partial charge in [-0.25, -0.2) is 4.79 Å². The molecular weight excluding hydrogens is 366 g/mol. The number of imide groups is 1. The number of nitrogens with zero attached hydrogens (tertiary/aromatic N) is 2. The van der Waals surface area contributed by atoms with Crippen LogP contribution in [-0.4, -0.2) is 36.3 Å². The zero-order chi connectivity index (χ0) is 19.6. The van der Waals surface area contributed by atoms with Gasteiger partial charge in [0.2, 0.25) is 5.91 Å². The number of likely N-dealkylation sites (N-methyl/N-ethyl adjacent to an activating group) is 1. The maximum absolute atomic E-state index is 13.1. The van der Waals surface area contributed by atoms with Crippen LogP contribution in [0.4, 0.5) is 10.5 Å². The Morgan fingerprint density at radius 1 is 1.11 bits per heavy atom. The summed E-state index contributed by atoms with van der Waals surface area (Å²) in [5.41, 5.74) is 0.140. The zero-order valence-corrected chi connectivity index (χ0v) is 15.9. The van der Waals surface area contributed by atoms with Gasteiger partial charge in [0, 0.05) is 17.8 Å². The number of hydrogen-bond acceptors (Lipinski definition) is 3. The lowest BCUT2D eigenvalue weighted by molar-refractivity contribution is -0.134. The van der Waals surface area contributed by atoms with Crippen molar-refractivity contribution in [2.24, 2.45) is 0 Å². The molecule has 0 aromatic heterocycles. The number of halogens is 1. The lowest BCUT2D eigenvalue weighted by atomic mass is 9.87. The van der Waals surface area contributed by atoms with Gasteiger partial charge in [-0.1, -0.05) is 48.9 Å². The average molecular weight is 386 g/mol. The van der Waals surface area contributed by atoms with Gasteiger partial charge < -0.3 is 10.2 Å². The standard InChI is InChI=1S/C20H20ClN3O3/c1-3-20(14-9-11-15(21)12-10-14)18(26)24(19(27)22-20)13-17(25)23(2)16-7-5-4-6-8-16/h4-12H,3,13H2,1-2H3,(H,22,27)/t20-/m1/s1. The van der Waals surface area contributed by atoms with E-state index in [4.69, 9.17) is 11.6 Å². The van der Waals surface area contributed by atoms with Crippen LogP contribution in [0.5, 0.6) is 0 Å². The van der Waals surface area contributed by atoms with E-state index in [-0.39, 0.29) is 12.5 Å². The summed E-state index contributed by atoms with van der Waals surface area (Å²) in [4.78, 5) is 40.6. The first-order valence-electron chi connectivity index (χ1n) is 8.61. The molecule has 27 heavy (non-hydrogen) atoms. The molecule has 1 aliphatic heterocycles. The Hall–Kier alpha value is -2.86. The lowest BCUT2D eigenvalue weighted by Gasteiger charge is -2.26. The number of amides is 4. The largest absolute Gasteiger partial charge is 0.325 e. The normalized spacial score (nSPS) is 19.1. The number of anilines is 1. The summed E-state index contributed by atoms with van der Waals surface area (Å²) in [5.74, 6) is -0.792. The molecule has 0 aliphatic carbocycles. The second-order valence-corrected chi connectivity index (χ2v) is 6.81. The molecule has 1 heterocycles. The molecule has 7 heteroatoms. The van der Waals surface area contributed by atoms with Gasteiger partial charge >= 0.3 is 6.03 Å². The first kappa shape index (κ1) is 18.9. The van der Waals surface area contributed by atoms with Crippen molar-refractivity contribution < 1.29 is 14.4 Å². The van der Waals surface area contributed by atoms with Crippen molar-refractivity contribution in [1.29, 1.82) is 0 Å². The van der Waals surface area contributed by atoms with Crippen LogP contribution in [-0.2, 0) is 15.1 Å². The summed E-state index contributed by atoms with van der Waals surface area (Å²) in [6.07, 6.45) is 0.360. The molecule has 6 nitrogen and oxygen atoms in total. The zero-order valence-electron chi connectivity index (χ0n) is 15.1. The molecule has 1 atom stereocenters. The molecule has 1 N–H and O–H groups in total. The third kappa shape index (κ3) is 3.40. The minimum atomic E-state index is -1.19. The van der Waals surface area contributed by atoms with Gasteiger partial charge in [-0.3, -0.25) is 14.5 Å². The fourth-order valence-electron chi connectivity index (χ4n) is 3.18. The predicted octanol–water partition coefficient (Wildman–Crippen LogP) is 3.16. The lowest BCUT2D eigenvalue weighted by Crippen LogP contribution is -2.45. The maximum atomic E-state index is 13.1. The van der Waals surface area contributed by atoms with Crippen LogP contribution in [0.15, 0.2) is 54.6 Å². The minimum Gasteiger partial charge on any atom is -0.319 e. The van der Waals surface area contributed by atoms with Crippen molar-refractivity contribution in [3.8, 4) is 0 Å². The monoisotopic (exact) mass is 385 g/mol. The number of rotatable bonds is 5. The Morgan fingerprint density at radius 3 is 2.33 bits per heavy atom. The van der Waals surface area contributed by atoms with Crippen molar-refractivity contribution in [2.45, 2.75) is 18.9 Å². The third-order valence-corrected chi connectivity index (χ3v) is 5.11. The van der Waals surface area contributed by atoms with Crippen LogP contribution in [0.3, 0.4) is 0 Å². The molecule has 1 aliphatic rings. The van der Waals surface area contributed by atoms with Gasteiger partial charge in [0.25, 0.3) is 5.91 Å². The molecule has 0 bridgehead atoms. The van der Waals surface area contributed by atoms with E-state index in [9.17, 15) is 14.4 Å². The molecule has 0 radical (unpaired) electrons. The molecule has 140 valence electrons. The van der Waals surface area contributed by atoms with E-state index in [2.05, 4.69) is 5.32 Å². The summed E-state index contributed by atoms with van der Waals surface area (Å²) in [6, 6.07) is 15.2. The second-order valence-electron chi connectivity index (χ2n) is 6.38. The molecule has 0 spiro atoms. The molecular formula is C20H20ClN3O3. The van der Waals surface area contributed by atoms with Gasteiger partial charge in [-0.2, -0.15) is 0 Å². The number of nitrogens with one attached hydrogen (secondary N) is 1. The Morgan fingerprint density at radius 2 is 1.74 bits per heavy atom. The highest BCUT2D eigenvalue weighted by molar-refractivity contribution is 6.30. The first-order valence-corrected chi connectivity index (χ1v) is 8.98. The fourth-order valence-corrected chi connectivity index (χ4v) is 3.31. The highest BCUT2D eigenvalue weighted by Gasteiger charge is 2.51. The number of para-hydroxylation sites is 1. The summed E-state index contributed by atoms with van der Waals surface area (Å²) >= 11 is 5.93. The average Bonchev–Trinajstić information content (AvgIpc) is 2.93. The number of hydrogen-bond donors (Lipinski definition) is 1. The molecule has 0 unspecified atom stereocenters. The van der Waals surface area contributed by atoms with E-state index in [1.54, 1.807) is 43.4 Å². The third-order valence-electron chi connectivity index (χ3n) is 4.85. The van der Waals surface area contributed by atoms with E-state index in [1.807, 2.05) is 25.1 Å². The first-order chi connectivity index (χ1) is 12.9. The van der Waals surface area contributed by atoms with E-state index < -0.39 is 17.5 Å². The van der Waals surface area contributed by atoms with Crippen molar-refractivity contribution in [1.82, 2.24) is 10.2 Å². The van der Waals surface area contributed by atoms with E-state index in [0.717, 1.165) is 4.90 Å². The Bertz CT molecular complexity index is 870. The minimum absolute atomic E-state index is 0.328. The highest BCUT2D eigenvalue weighted by atomic mass is 35.5. The Labute approximate surface area is 162 Å². The van der Waals surface area contributed by atoms with Crippen molar-refractivity contribution in [2.75, 3.05) is 18.5 Å². The fraction of sp³-hybridized carbons (Fsp3) is 0.250. The van der Waals surface area contributed by atoms with E-state index in [0.29, 0.717) is 22.7 Å². The molecule has 4 amide bonds. The number of carbonyl (C=O) groups is 3. The molecule has 3 rings (SSSR count). The molecule has 1 saturated heterocycles. The number of carbonyl (C=O) groups excluding carboxylic acids is 3. The quantitative estimate of drug-likeness (QED) is 0.804. The van der Waals surface area contributed by atoms with Crippen molar-refractivity contribution in [3.05, 3.63) is 65.2 Å². The van der Waals surface area contributed by atoms with Crippen LogP contribution >= 0.6 is 11.6 Å². The van der Waals surface area contributed by atoms with Crippen LogP contribution in [0.25, 0.3) is 0 Å². The van der Waals surface area contributed by atoms with E-state index >= 15 is 0 Å². The van der Waals surface area contributed by atoms with Crippen LogP contribution < -0.4 is 10.2 Å². The van der Waals surface area contributed by atoms with Gasteiger partial charge in [-0.15, -0.1) is 0 Å². The summed E-state index contributed by atoms with van der Waals surface area (Å²) < 4.78 is 0. The number of benzene rings is 2. The summed E-state index contributed by atoms with van der Waals surface area (Å²) in [5, 5.41) is 3.30. The Balaban J connectivity index is 1.83. The van der Waals surface area contributed by atoms with Crippen LogP contribution in [0.2, 0.25) is 5.02 Å². The smallest absolute Gasteiger partial charge is 0.319 e. The molecule has 2 aromatic carbocycles. The van der Waals surface area contributed by atoms with Crippen molar-refractivity contribution in [3.63, 3.8) is 0 Å². The van der Waals surface area contributed by atoms with Crippen LogP contribution in [0.1, 0.15) is 18.9 Å². The van der Waals surface area contributed by atoms with Crippen molar-refractivity contribution >= 4 is 35.1 Å². The van der Waals surface area contributed by atoms with E-state index in [1.165, 1.54) is 4.90 Å². The molecule has 1 fully saturated rings. The SMILES string of the molecule is CC[C@]1(c2ccc(Cl)cc2)NC(=O)N(CC(=O)N(C)c2ccccc2)C1=O. The molecule has 2 aromatic rings. The van der Waals surface area contributed by atoms with Crippen LogP contribution in [0, 0.1) is 0 Å². The highest BCUT2D eigenvalue weighted by Crippen LogP contribution is 2.33. The number of urea groups is 1. The van der Waals surface area contributed by atoms with Gasteiger partial charge in [0.05, 0.1) is 0 Å².